The number of hydrogen-bond donors (Lipinski definition) is 3. The quantitative estimate of drug-likeness (QED) is 0.608. The van der Waals surface area contributed by atoms with Gasteiger partial charge >= 0.3 is 0 Å². The van der Waals surface area contributed by atoms with Crippen LogP contribution in [0.4, 0.5) is 0 Å². The monoisotopic (exact) mass is 230 g/mol. The summed E-state index contributed by atoms with van der Waals surface area (Å²) >= 11 is 0. The Kier molecular flexibility index (Phi) is 7.34. The zero-order valence-corrected chi connectivity index (χ0v) is 10.9. The van der Waals surface area contributed by atoms with Crippen LogP contribution in [0.25, 0.3) is 0 Å². The van der Waals surface area contributed by atoms with E-state index < -0.39 is 6.04 Å². The molecule has 0 saturated heterocycles. The van der Waals surface area contributed by atoms with Gasteiger partial charge in [0.15, 0.2) is 0 Å². The molecule has 0 aliphatic rings. The third-order valence-corrected chi connectivity index (χ3v) is 2.38. The van der Waals surface area contributed by atoms with E-state index in [2.05, 4.69) is 19.2 Å². The molecule has 0 aromatic rings. The molecule has 0 radical (unpaired) electrons. The summed E-state index contributed by atoms with van der Waals surface area (Å²) in [6, 6.07) is -0.646. The zero-order valence-electron chi connectivity index (χ0n) is 10.9. The van der Waals surface area contributed by atoms with Gasteiger partial charge in [-0.3, -0.25) is 4.79 Å². The summed E-state index contributed by atoms with van der Waals surface area (Å²) in [7, 11) is 0. The molecule has 4 N–H and O–H groups in total. The summed E-state index contributed by atoms with van der Waals surface area (Å²) in [5, 5.41) is 11.9. The van der Waals surface area contributed by atoms with E-state index in [1.54, 1.807) is 0 Å². The van der Waals surface area contributed by atoms with Crippen molar-refractivity contribution in [2.24, 2.45) is 17.6 Å². The first-order valence-corrected chi connectivity index (χ1v) is 6.03. The number of hydrogen-bond acceptors (Lipinski definition) is 3. The van der Waals surface area contributed by atoms with Crippen LogP contribution in [0.2, 0.25) is 0 Å². The number of aliphatic hydroxyl groups excluding tert-OH is 1. The first kappa shape index (κ1) is 15.4. The van der Waals surface area contributed by atoms with Crippen LogP contribution >= 0.6 is 0 Å². The van der Waals surface area contributed by atoms with Crippen molar-refractivity contribution in [1.82, 2.24) is 5.32 Å². The molecule has 0 saturated carbocycles. The zero-order chi connectivity index (χ0) is 12.7. The summed E-state index contributed by atoms with van der Waals surface area (Å²) in [6.45, 7) is 8.15. The van der Waals surface area contributed by atoms with Crippen molar-refractivity contribution in [3.05, 3.63) is 0 Å². The Morgan fingerprint density at radius 3 is 2.06 bits per heavy atom. The molecule has 0 aliphatic carbocycles. The minimum atomic E-state index is -0.471. The molecule has 0 rings (SSSR count). The van der Waals surface area contributed by atoms with Crippen molar-refractivity contribution in [3.8, 4) is 0 Å². The van der Waals surface area contributed by atoms with Crippen LogP contribution < -0.4 is 11.1 Å². The Labute approximate surface area is 98.6 Å². The van der Waals surface area contributed by atoms with Gasteiger partial charge in [0.25, 0.3) is 0 Å². The van der Waals surface area contributed by atoms with Crippen molar-refractivity contribution < 1.29 is 9.90 Å². The molecule has 2 atom stereocenters. The summed E-state index contributed by atoms with van der Waals surface area (Å²) < 4.78 is 0. The molecule has 1 amide bonds. The highest BCUT2D eigenvalue weighted by Gasteiger charge is 2.19. The predicted octanol–water partition coefficient (Wildman–Crippen LogP) is 0.883. The molecule has 0 aliphatic heterocycles. The van der Waals surface area contributed by atoms with Gasteiger partial charge in [-0.2, -0.15) is 0 Å². The van der Waals surface area contributed by atoms with E-state index in [1.165, 1.54) is 0 Å². The molecule has 4 heteroatoms. The van der Waals surface area contributed by atoms with E-state index >= 15 is 0 Å². The number of nitrogens with two attached hydrogens (primary N) is 1. The fourth-order valence-corrected chi connectivity index (χ4v) is 1.67. The van der Waals surface area contributed by atoms with Crippen LogP contribution in [-0.4, -0.2) is 29.7 Å². The van der Waals surface area contributed by atoms with Crippen molar-refractivity contribution in [1.29, 1.82) is 0 Å². The minimum Gasteiger partial charge on any atom is -0.394 e. The van der Waals surface area contributed by atoms with Gasteiger partial charge in [-0.05, 0) is 24.7 Å². The number of amides is 1. The number of carbonyl (C=O) groups is 1. The molecular weight excluding hydrogens is 204 g/mol. The molecule has 96 valence electrons. The summed E-state index contributed by atoms with van der Waals surface area (Å²) in [5.41, 5.74) is 5.76. The lowest BCUT2D eigenvalue weighted by Crippen LogP contribution is -2.47. The topological polar surface area (TPSA) is 75.3 Å². The van der Waals surface area contributed by atoms with Gasteiger partial charge in [0, 0.05) is 0 Å². The lowest BCUT2D eigenvalue weighted by Gasteiger charge is -2.21. The van der Waals surface area contributed by atoms with E-state index in [4.69, 9.17) is 10.8 Å². The number of rotatable bonds is 7. The van der Waals surface area contributed by atoms with E-state index in [0.717, 1.165) is 6.42 Å². The highest BCUT2D eigenvalue weighted by Crippen LogP contribution is 2.06. The standard InChI is InChI=1S/C12H26N2O2/c1-8(2)5-10(7-15)14-12(16)11(13)6-9(3)4/h8-11,15H,5-7,13H2,1-4H3,(H,14,16)/t10?,11-/m0/s1. The van der Waals surface area contributed by atoms with Crippen LogP contribution in [0.1, 0.15) is 40.5 Å². The second-order valence-corrected chi connectivity index (χ2v) is 5.25. The lowest BCUT2D eigenvalue weighted by molar-refractivity contribution is -0.123. The lowest BCUT2D eigenvalue weighted by atomic mass is 10.0. The molecule has 0 aromatic heterocycles. The molecular formula is C12H26N2O2. The van der Waals surface area contributed by atoms with Crippen molar-refractivity contribution >= 4 is 5.91 Å². The second kappa shape index (κ2) is 7.63. The molecule has 0 aromatic carbocycles. The molecule has 1 unspecified atom stereocenters. The predicted molar refractivity (Wildman–Crippen MR) is 65.9 cm³/mol. The largest absolute Gasteiger partial charge is 0.394 e. The Bertz CT molecular complexity index is 205. The third-order valence-electron chi connectivity index (χ3n) is 2.38. The van der Waals surface area contributed by atoms with Gasteiger partial charge in [-0.25, -0.2) is 0 Å². The maximum absolute atomic E-state index is 11.7. The summed E-state index contributed by atoms with van der Waals surface area (Å²) in [5.74, 6) is 0.686. The Balaban J connectivity index is 4.08. The molecule has 0 heterocycles. The van der Waals surface area contributed by atoms with Gasteiger partial charge in [-0.15, -0.1) is 0 Å². The maximum atomic E-state index is 11.7. The van der Waals surface area contributed by atoms with Crippen LogP contribution in [-0.2, 0) is 4.79 Å². The van der Waals surface area contributed by atoms with E-state index in [-0.39, 0.29) is 18.6 Å². The second-order valence-electron chi connectivity index (χ2n) is 5.25. The number of aliphatic hydroxyl groups is 1. The van der Waals surface area contributed by atoms with Gasteiger partial charge in [-0.1, -0.05) is 27.7 Å². The van der Waals surface area contributed by atoms with E-state index in [9.17, 15) is 4.79 Å². The summed E-state index contributed by atoms with van der Waals surface area (Å²) in [6.07, 6.45) is 1.45. The van der Waals surface area contributed by atoms with Crippen molar-refractivity contribution in [2.45, 2.75) is 52.6 Å². The molecule has 0 fully saturated rings. The number of nitrogens with one attached hydrogen (secondary N) is 1. The van der Waals surface area contributed by atoms with Crippen LogP contribution in [0.15, 0.2) is 0 Å². The average molecular weight is 230 g/mol. The first-order valence-electron chi connectivity index (χ1n) is 6.03. The van der Waals surface area contributed by atoms with Crippen molar-refractivity contribution in [3.63, 3.8) is 0 Å². The van der Waals surface area contributed by atoms with Crippen LogP contribution in [0.5, 0.6) is 0 Å². The van der Waals surface area contributed by atoms with Gasteiger partial charge in [0.05, 0.1) is 18.7 Å². The third kappa shape index (κ3) is 6.80. The SMILES string of the molecule is CC(C)CC(CO)NC(=O)[C@@H](N)CC(C)C. The molecule has 4 nitrogen and oxygen atoms in total. The smallest absolute Gasteiger partial charge is 0.237 e. The van der Waals surface area contributed by atoms with Gasteiger partial charge in [0.1, 0.15) is 0 Å². The fraction of sp³-hybridized carbons (Fsp3) is 0.917. The molecule has 0 bridgehead atoms. The minimum absolute atomic E-state index is 0.0294. The maximum Gasteiger partial charge on any atom is 0.237 e. The average Bonchev–Trinajstić information content (AvgIpc) is 2.14. The number of carbonyl (C=O) groups excluding carboxylic acids is 1. The van der Waals surface area contributed by atoms with Crippen LogP contribution in [0.3, 0.4) is 0 Å². The van der Waals surface area contributed by atoms with Gasteiger partial charge in [0.2, 0.25) is 5.91 Å². The van der Waals surface area contributed by atoms with Gasteiger partial charge < -0.3 is 16.2 Å². The normalized spacial score (nSPS) is 15.2. The highest BCUT2D eigenvalue weighted by molar-refractivity contribution is 5.81. The summed E-state index contributed by atoms with van der Waals surface area (Å²) in [4.78, 5) is 11.7. The molecule has 0 spiro atoms. The highest BCUT2D eigenvalue weighted by atomic mass is 16.3. The first-order chi connectivity index (χ1) is 7.36. The van der Waals surface area contributed by atoms with Crippen molar-refractivity contribution in [2.75, 3.05) is 6.61 Å². The van der Waals surface area contributed by atoms with E-state index in [1.807, 2.05) is 13.8 Å². The Hall–Kier alpha value is -0.610. The Morgan fingerprint density at radius 1 is 1.19 bits per heavy atom. The van der Waals surface area contributed by atoms with Crippen LogP contribution in [0, 0.1) is 11.8 Å². The fourth-order valence-electron chi connectivity index (χ4n) is 1.67. The van der Waals surface area contributed by atoms with E-state index in [0.29, 0.717) is 18.3 Å². The Morgan fingerprint density at radius 2 is 1.69 bits per heavy atom. The molecule has 16 heavy (non-hydrogen) atoms.